The van der Waals surface area contributed by atoms with E-state index in [1.165, 1.54) is 6.08 Å². The fourth-order valence-electron chi connectivity index (χ4n) is 1.55. The Labute approximate surface area is 185 Å². The van der Waals surface area contributed by atoms with Gasteiger partial charge in [0, 0.05) is 0 Å². The Kier molecular flexibility index (Phi) is 19.8. The fourth-order valence-corrected chi connectivity index (χ4v) is 1.55. The van der Waals surface area contributed by atoms with E-state index in [1.54, 1.807) is 6.08 Å². The van der Waals surface area contributed by atoms with Gasteiger partial charge in [-0.05, 0) is 0 Å². The van der Waals surface area contributed by atoms with Crippen LogP contribution < -0.4 is 0 Å². The molecule has 0 spiro atoms. The zero-order valence-electron chi connectivity index (χ0n) is 16.1. The van der Waals surface area contributed by atoms with E-state index in [-0.39, 0.29) is 26.2 Å². The van der Waals surface area contributed by atoms with E-state index in [1.807, 2.05) is 104 Å². The third-order valence-electron chi connectivity index (χ3n) is 2.83. The van der Waals surface area contributed by atoms with E-state index in [9.17, 15) is 0 Å². The van der Waals surface area contributed by atoms with Gasteiger partial charge in [-0.3, -0.25) is 6.58 Å². The molecule has 1 heteroatoms. The molecule has 0 amide bonds. The Morgan fingerprint density at radius 1 is 0.593 bits per heavy atom. The quantitative estimate of drug-likeness (QED) is 0.283. The topological polar surface area (TPSA) is 0 Å². The van der Waals surface area contributed by atoms with Gasteiger partial charge in [0.2, 0.25) is 0 Å². The van der Waals surface area contributed by atoms with Crippen molar-refractivity contribution in [1.29, 1.82) is 0 Å². The molecule has 27 heavy (non-hydrogen) atoms. The summed E-state index contributed by atoms with van der Waals surface area (Å²) < 4.78 is 0. The Hall–Kier alpha value is -2.37. The van der Waals surface area contributed by atoms with Gasteiger partial charge in [0.15, 0.2) is 0 Å². The van der Waals surface area contributed by atoms with Gasteiger partial charge < -0.3 is 0 Å². The fraction of sp³-hybridized carbons (Fsp3) is 0.0385. The van der Waals surface area contributed by atoms with E-state index >= 15 is 0 Å². The largest absolute Gasteiger partial charge is 4.00 e. The molecule has 0 atom stereocenters. The van der Waals surface area contributed by atoms with Crippen LogP contribution in [0.15, 0.2) is 109 Å². The van der Waals surface area contributed by atoms with Gasteiger partial charge in [-0.1, -0.05) is 25.1 Å². The number of benzene rings is 3. The summed E-state index contributed by atoms with van der Waals surface area (Å²) in [6.07, 6.45) is 5.15. The predicted octanol–water partition coefficient (Wildman–Crippen LogP) is 7.16. The molecule has 0 aliphatic heterocycles. The van der Waals surface area contributed by atoms with Crippen molar-refractivity contribution in [3.63, 3.8) is 0 Å². The Morgan fingerprint density at radius 2 is 0.852 bits per heavy atom. The average molecular weight is 432 g/mol. The van der Waals surface area contributed by atoms with Crippen LogP contribution in [0.1, 0.15) is 23.6 Å². The van der Waals surface area contributed by atoms with Gasteiger partial charge in [-0.25, -0.2) is 12.2 Å². The van der Waals surface area contributed by atoms with Crippen LogP contribution in [0.3, 0.4) is 0 Å². The summed E-state index contributed by atoms with van der Waals surface area (Å²) in [5.41, 5.74) is 3.22. The zero-order chi connectivity index (χ0) is 19.5. The molecule has 3 aromatic carbocycles. The first-order valence-corrected chi connectivity index (χ1v) is 8.37. The molecule has 3 aromatic rings. The summed E-state index contributed by atoms with van der Waals surface area (Å²) in [6.45, 7) is 18.0. The van der Waals surface area contributed by atoms with E-state index < -0.39 is 0 Å². The number of hydrogen-bond acceptors (Lipinski definition) is 0. The molecule has 0 fully saturated rings. The van der Waals surface area contributed by atoms with E-state index in [0.29, 0.717) is 0 Å². The van der Waals surface area contributed by atoms with Crippen molar-refractivity contribution in [3.8, 4) is 0 Å². The van der Waals surface area contributed by atoms with Gasteiger partial charge in [-0.15, -0.1) is 36.4 Å². The minimum Gasteiger partial charge on any atom is -0.293 e. The summed E-state index contributed by atoms with van der Waals surface area (Å²) in [5, 5.41) is 0. The smallest absolute Gasteiger partial charge is 0.293 e. The second-order valence-electron chi connectivity index (χ2n) is 5.18. The molecule has 136 valence electrons. The first kappa shape index (κ1) is 26.9. The Bertz CT molecular complexity index is 597. The van der Waals surface area contributed by atoms with Crippen molar-refractivity contribution >= 4 is 0 Å². The summed E-state index contributed by atoms with van der Waals surface area (Å²) in [6, 6.07) is 29.6. The summed E-state index contributed by atoms with van der Waals surface area (Å²) in [5.74, 6) is 0. The summed E-state index contributed by atoms with van der Waals surface area (Å²) in [7, 11) is 0. The molecular formula is C26H28Zr. The van der Waals surface area contributed by atoms with Crippen molar-refractivity contribution in [2.75, 3.05) is 0 Å². The van der Waals surface area contributed by atoms with Crippen molar-refractivity contribution in [1.82, 2.24) is 0 Å². The van der Waals surface area contributed by atoms with E-state index in [4.69, 9.17) is 6.58 Å². The SMILES string of the molecule is [CH-]=CC=CC.[CH2-]c1ccccc1.[CH2-]c1ccccc1.[CH2-]c1ccccc1.[Zr+4]. The van der Waals surface area contributed by atoms with E-state index in [0.717, 1.165) is 16.7 Å². The first-order chi connectivity index (χ1) is 12.6. The molecule has 0 aromatic heterocycles. The second kappa shape index (κ2) is 20.0. The molecule has 0 nitrogen and oxygen atoms in total. The number of allylic oxidation sites excluding steroid dienone is 3. The van der Waals surface area contributed by atoms with Gasteiger partial charge in [0.25, 0.3) is 0 Å². The molecule has 0 bridgehead atoms. The van der Waals surface area contributed by atoms with Gasteiger partial charge in [-0.2, -0.15) is 79.9 Å². The monoisotopic (exact) mass is 430 g/mol. The Balaban J connectivity index is 0. The van der Waals surface area contributed by atoms with Crippen LogP contribution >= 0.6 is 0 Å². The van der Waals surface area contributed by atoms with Crippen LogP contribution in [0, 0.1) is 27.4 Å². The standard InChI is InChI=1S/3C7H7.C5H7.Zr/c3*1-7-5-3-2-4-6-7;1-3-5-4-2;/h3*2-6H,1H2;1,3-5H,2H3;/q4*-1;+4. The minimum absolute atomic E-state index is 0. The van der Waals surface area contributed by atoms with Crippen molar-refractivity contribution in [3.05, 3.63) is 153 Å². The van der Waals surface area contributed by atoms with Crippen LogP contribution in [-0.2, 0) is 26.2 Å². The first-order valence-electron chi connectivity index (χ1n) is 8.37. The minimum atomic E-state index is 0. The molecule has 0 N–H and O–H groups in total. The van der Waals surface area contributed by atoms with E-state index in [2.05, 4.69) is 20.8 Å². The van der Waals surface area contributed by atoms with Crippen molar-refractivity contribution < 1.29 is 26.2 Å². The molecule has 0 aliphatic carbocycles. The third kappa shape index (κ3) is 19.8. The van der Waals surface area contributed by atoms with Crippen LogP contribution in [-0.4, -0.2) is 0 Å². The predicted molar refractivity (Wildman–Crippen MR) is 116 cm³/mol. The molecule has 0 heterocycles. The maximum absolute atomic E-state index is 4.93. The van der Waals surface area contributed by atoms with Crippen LogP contribution in [0.25, 0.3) is 0 Å². The molecule has 0 unspecified atom stereocenters. The zero-order valence-corrected chi connectivity index (χ0v) is 18.5. The molecule has 0 aliphatic rings. The number of hydrogen-bond donors (Lipinski definition) is 0. The maximum atomic E-state index is 4.93. The van der Waals surface area contributed by atoms with Gasteiger partial charge >= 0.3 is 26.2 Å². The van der Waals surface area contributed by atoms with Crippen molar-refractivity contribution in [2.45, 2.75) is 6.92 Å². The summed E-state index contributed by atoms with van der Waals surface area (Å²) >= 11 is 0. The molecule has 3 rings (SSSR count). The van der Waals surface area contributed by atoms with Crippen LogP contribution in [0.2, 0.25) is 0 Å². The molecule has 0 saturated heterocycles. The molecule has 0 saturated carbocycles. The second-order valence-corrected chi connectivity index (χ2v) is 5.18. The molecule has 0 radical (unpaired) electrons. The Morgan fingerprint density at radius 3 is 0.926 bits per heavy atom. The summed E-state index contributed by atoms with van der Waals surface area (Å²) in [4.78, 5) is 0. The van der Waals surface area contributed by atoms with Crippen molar-refractivity contribution in [2.24, 2.45) is 0 Å². The number of rotatable bonds is 1. The molecular weight excluding hydrogens is 404 g/mol. The maximum Gasteiger partial charge on any atom is 4.00 e. The normalized spacial score (nSPS) is 8.33. The average Bonchev–Trinajstić information content (AvgIpc) is 2.66. The van der Waals surface area contributed by atoms with Crippen LogP contribution in [0.4, 0.5) is 0 Å². The van der Waals surface area contributed by atoms with Gasteiger partial charge in [0.1, 0.15) is 0 Å². The third-order valence-corrected chi connectivity index (χ3v) is 2.83. The van der Waals surface area contributed by atoms with Crippen LogP contribution in [0.5, 0.6) is 0 Å². The van der Waals surface area contributed by atoms with Gasteiger partial charge in [0.05, 0.1) is 0 Å².